The lowest BCUT2D eigenvalue weighted by molar-refractivity contribution is -0.146. The number of phenolic OH excluding ortho intramolecular Hbond substituents is 1. The normalized spacial score (nSPS) is 18.7. The molecule has 0 spiro atoms. The number of hydrogen-bond acceptors (Lipinski definition) is 4. The minimum Gasteiger partial charge on any atom is -0.507 e. The molecular formula is C14H16BrNO4. The van der Waals surface area contributed by atoms with Gasteiger partial charge in [0.2, 0.25) is 0 Å². The number of amides is 1. The van der Waals surface area contributed by atoms with Gasteiger partial charge < -0.3 is 14.7 Å². The van der Waals surface area contributed by atoms with Gasteiger partial charge in [-0.3, -0.25) is 9.59 Å². The minimum atomic E-state index is -0.289. The maximum atomic E-state index is 12.4. The van der Waals surface area contributed by atoms with Crippen LogP contribution in [0.25, 0.3) is 0 Å². The average Bonchev–Trinajstić information content (AvgIpc) is 2.46. The Hall–Kier alpha value is -1.56. The number of hydrogen-bond donors (Lipinski definition) is 1. The third kappa shape index (κ3) is 3.12. The van der Waals surface area contributed by atoms with Crippen molar-refractivity contribution >= 4 is 27.8 Å². The first kappa shape index (κ1) is 14.8. The van der Waals surface area contributed by atoms with E-state index in [1.165, 1.54) is 13.2 Å². The SMILES string of the molecule is COC(=O)C1CCCN(C(=O)c2ccc(Br)cc2O)C1. The van der Waals surface area contributed by atoms with E-state index < -0.39 is 0 Å². The van der Waals surface area contributed by atoms with Crippen molar-refractivity contribution in [3.8, 4) is 5.75 Å². The number of methoxy groups -OCH3 is 1. The number of carbonyl (C=O) groups excluding carboxylic acids is 2. The molecular weight excluding hydrogens is 326 g/mol. The average molecular weight is 342 g/mol. The van der Waals surface area contributed by atoms with Gasteiger partial charge in [-0.05, 0) is 31.0 Å². The first-order chi connectivity index (χ1) is 9.52. The molecule has 1 amide bonds. The van der Waals surface area contributed by atoms with Crippen LogP contribution in [0.3, 0.4) is 0 Å². The highest BCUT2D eigenvalue weighted by Gasteiger charge is 2.30. The molecule has 0 radical (unpaired) electrons. The molecule has 1 atom stereocenters. The summed E-state index contributed by atoms with van der Waals surface area (Å²) in [5, 5.41) is 9.84. The zero-order valence-electron chi connectivity index (χ0n) is 11.1. The van der Waals surface area contributed by atoms with Crippen LogP contribution in [0.15, 0.2) is 22.7 Å². The summed E-state index contributed by atoms with van der Waals surface area (Å²) in [6.07, 6.45) is 1.48. The summed E-state index contributed by atoms with van der Waals surface area (Å²) < 4.78 is 5.44. The van der Waals surface area contributed by atoms with Gasteiger partial charge in [0.05, 0.1) is 18.6 Å². The van der Waals surface area contributed by atoms with Gasteiger partial charge in [0.15, 0.2) is 0 Å². The van der Waals surface area contributed by atoms with Crippen LogP contribution >= 0.6 is 15.9 Å². The molecule has 5 nitrogen and oxygen atoms in total. The lowest BCUT2D eigenvalue weighted by atomic mass is 9.97. The van der Waals surface area contributed by atoms with Crippen molar-refractivity contribution in [1.29, 1.82) is 0 Å². The van der Waals surface area contributed by atoms with Crippen molar-refractivity contribution in [1.82, 2.24) is 4.90 Å². The number of aromatic hydroxyl groups is 1. The number of rotatable bonds is 2. The quantitative estimate of drug-likeness (QED) is 0.837. The Kier molecular flexibility index (Phi) is 4.65. The number of piperidine rings is 1. The molecule has 2 rings (SSSR count). The maximum absolute atomic E-state index is 12.4. The lowest BCUT2D eigenvalue weighted by Gasteiger charge is -2.31. The largest absolute Gasteiger partial charge is 0.507 e. The molecule has 0 aliphatic carbocycles. The molecule has 0 bridgehead atoms. The summed E-state index contributed by atoms with van der Waals surface area (Å²) in [6.45, 7) is 0.919. The van der Waals surface area contributed by atoms with E-state index in [9.17, 15) is 14.7 Å². The molecule has 1 aliphatic heterocycles. The van der Waals surface area contributed by atoms with Crippen molar-refractivity contribution in [3.63, 3.8) is 0 Å². The molecule has 1 unspecified atom stereocenters. The summed E-state index contributed by atoms with van der Waals surface area (Å²) in [5.74, 6) is -0.897. The predicted molar refractivity (Wildman–Crippen MR) is 76.5 cm³/mol. The van der Waals surface area contributed by atoms with Crippen LogP contribution in [0, 0.1) is 5.92 Å². The second kappa shape index (κ2) is 6.26. The highest BCUT2D eigenvalue weighted by atomic mass is 79.9. The molecule has 1 aromatic rings. The van der Waals surface area contributed by atoms with Crippen LogP contribution in [0.2, 0.25) is 0 Å². The van der Waals surface area contributed by atoms with E-state index in [2.05, 4.69) is 15.9 Å². The summed E-state index contributed by atoms with van der Waals surface area (Å²) in [6, 6.07) is 4.76. The second-order valence-corrected chi connectivity index (χ2v) is 5.69. The topological polar surface area (TPSA) is 66.8 Å². The van der Waals surface area contributed by atoms with Gasteiger partial charge in [0, 0.05) is 17.6 Å². The lowest BCUT2D eigenvalue weighted by Crippen LogP contribution is -2.42. The van der Waals surface area contributed by atoms with E-state index in [1.807, 2.05) is 0 Å². The standard InChI is InChI=1S/C14H16BrNO4/c1-20-14(19)9-3-2-6-16(8-9)13(18)11-5-4-10(15)7-12(11)17/h4-5,7,9,17H,2-3,6,8H2,1H3. The first-order valence-electron chi connectivity index (χ1n) is 6.38. The monoisotopic (exact) mass is 341 g/mol. The summed E-state index contributed by atoms with van der Waals surface area (Å²) in [5.41, 5.74) is 0.249. The van der Waals surface area contributed by atoms with Crippen LogP contribution in [0.4, 0.5) is 0 Å². The van der Waals surface area contributed by atoms with Gasteiger partial charge in [-0.25, -0.2) is 0 Å². The fourth-order valence-electron chi connectivity index (χ4n) is 2.38. The zero-order chi connectivity index (χ0) is 14.7. The second-order valence-electron chi connectivity index (χ2n) is 4.77. The van der Waals surface area contributed by atoms with Gasteiger partial charge in [-0.15, -0.1) is 0 Å². The first-order valence-corrected chi connectivity index (χ1v) is 7.18. The number of likely N-dealkylation sites (tertiary alicyclic amines) is 1. The van der Waals surface area contributed by atoms with Crippen molar-refractivity contribution in [2.45, 2.75) is 12.8 Å². The van der Waals surface area contributed by atoms with E-state index in [4.69, 9.17) is 4.74 Å². The van der Waals surface area contributed by atoms with E-state index in [-0.39, 0.29) is 29.1 Å². The van der Waals surface area contributed by atoms with Crippen molar-refractivity contribution in [2.75, 3.05) is 20.2 Å². The number of nitrogens with zero attached hydrogens (tertiary/aromatic N) is 1. The third-order valence-electron chi connectivity index (χ3n) is 3.43. The van der Waals surface area contributed by atoms with Crippen LogP contribution in [0.1, 0.15) is 23.2 Å². The smallest absolute Gasteiger partial charge is 0.310 e. The van der Waals surface area contributed by atoms with Gasteiger partial charge >= 0.3 is 5.97 Å². The summed E-state index contributed by atoms with van der Waals surface area (Å²) in [4.78, 5) is 25.5. The molecule has 0 aromatic heterocycles. The van der Waals surface area contributed by atoms with E-state index in [1.54, 1.807) is 17.0 Å². The molecule has 0 saturated carbocycles. The Balaban J connectivity index is 2.14. The summed E-state index contributed by atoms with van der Waals surface area (Å²) in [7, 11) is 1.35. The van der Waals surface area contributed by atoms with E-state index >= 15 is 0 Å². The fraction of sp³-hybridized carbons (Fsp3) is 0.429. The van der Waals surface area contributed by atoms with Crippen molar-refractivity contribution in [2.24, 2.45) is 5.92 Å². The molecule has 1 heterocycles. The molecule has 1 fully saturated rings. The Morgan fingerprint density at radius 2 is 2.20 bits per heavy atom. The highest BCUT2D eigenvalue weighted by molar-refractivity contribution is 9.10. The van der Waals surface area contributed by atoms with Crippen LogP contribution in [0.5, 0.6) is 5.75 Å². The third-order valence-corrected chi connectivity index (χ3v) is 3.93. The van der Waals surface area contributed by atoms with Gasteiger partial charge in [-0.1, -0.05) is 15.9 Å². The van der Waals surface area contributed by atoms with E-state index in [0.29, 0.717) is 17.6 Å². The van der Waals surface area contributed by atoms with Crippen LogP contribution < -0.4 is 0 Å². The summed E-state index contributed by atoms with van der Waals surface area (Å²) >= 11 is 3.23. The Morgan fingerprint density at radius 3 is 2.85 bits per heavy atom. The molecule has 1 saturated heterocycles. The van der Waals surface area contributed by atoms with Gasteiger partial charge in [0.1, 0.15) is 5.75 Å². The van der Waals surface area contributed by atoms with Crippen LogP contribution in [-0.2, 0) is 9.53 Å². The Morgan fingerprint density at radius 1 is 1.45 bits per heavy atom. The zero-order valence-corrected chi connectivity index (χ0v) is 12.7. The van der Waals surface area contributed by atoms with Crippen LogP contribution in [-0.4, -0.2) is 42.1 Å². The molecule has 1 N–H and O–H groups in total. The van der Waals surface area contributed by atoms with E-state index in [0.717, 1.165) is 12.8 Å². The Labute approximate surface area is 125 Å². The van der Waals surface area contributed by atoms with Crippen molar-refractivity contribution < 1.29 is 19.4 Å². The molecule has 108 valence electrons. The number of halogens is 1. The highest BCUT2D eigenvalue weighted by Crippen LogP contribution is 2.26. The molecule has 1 aromatic carbocycles. The number of benzene rings is 1. The fourth-order valence-corrected chi connectivity index (χ4v) is 2.73. The maximum Gasteiger partial charge on any atom is 0.310 e. The molecule has 1 aliphatic rings. The Bertz CT molecular complexity index is 532. The number of carbonyl (C=O) groups is 2. The number of esters is 1. The predicted octanol–water partition coefficient (Wildman–Crippen LogP) is 2.18. The number of ether oxygens (including phenoxy) is 1. The minimum absolute atomic E-state index is 0.0652. The van der Waals surface area contributed by atoms with Gasteiger partial charge in [0.25, 0.3) is 5.91 Å². The van der Waals surface area contributed by atoms with Crippen molar-refractivity contribution in [3.05, 3.63) is 28.2 Å². The van der Waals surface area contributed by atoms with Gasteiger partial charge in [-0.2, -0.15) is 0 Å². The number of phenols is 1. The molecule has 6 heteroatoms. The molecule has 20 heavy (non-hydrogen) atoms.